The molecule has 8 heteroatoms. The number of amides is 1. The summed E-state index contributed by atoms with van der Waals surface area (Å²) in [7, 11) is 0. The minimum Gasteiger partial charge on any atom is -0.449 e. The van der Waals surface area contributed by atoms with Crippen molar-refractivity contribution in [2.45, 2.75) is 39.0 Å². The maximum absolute atomic E-state index is 13.2. The van der Waals surface area contributed by atoms with E-state index in [9.17, 15) is 27.6 Å². The molecular weight excluding hydrogens is 459 g/mol. The lowest BCUT2D eigenvalue weighted by Crippen LogP contribution is -2.22. The second-order valence-corrected chi connectivity index (χ2v) is 8.04. The van der Waals surface area contributed by atoms with Gasteiger partial charge >= 0.3 is 12.1 Å². The molecule has 3 aromatic rings. The van der Waals surface area contributed by atoms with Crippen LogP contribution in [0.1, 0.15) is 51.6 Å². The second kappa shape index (κ2) is 11.0. The Hall–Kier alpha value is -3.94. The predicted octanol–water partition coefficient (Wildman–Crippen LogP) is 6.21. The smallest absolute Gasteiger partial charge is 0.418 e. The first-order valence-electron chi connectivity index (χ1n) is 10.9. The molecule has 0 spiro atoms. The van der Waals surface area contributed by atoms with Gasteiger partial charge < -0.3 is 10.1 Å². The number of carbonyl (C=O) groups excluding carboxylic acids is 3. The van der Waals surface area contributed by atoms with E-state index in [2.05, 4.69) is 5.32 Å². The number of para-hydroxylation sites is 1. The number of alkyl halides is 3. The molecule has 0 aliphatic carbocycles. The van der Waals surface area contributed by atoms with Gasteiger partial charge in [0.05, 0.1) is 17.7 Å². The highest BCUT2D eigenvalue weighted by Crippen LogP contribution is 2.34. The molecule has 35 heavy (non-hydrogen) atoms. The number of ether oxygens (including phenoxy) is 1. The monoisotopic (exact) mass is 483 g/mol. The maximum atomic E-state index is 13.2. The lowest BCUT2D eigenvalue weighted by Gasteiger charge is -2.18. The Labute approximate surface area is 200 Å². The van der Waals surface area contributed by atoms with Crippen LogP contribution in [0.2, 0.25) is 0 Å². The summed E-state index contributed by atoms with van der Waals surface area (Å²) in [6.07, 6.45) is -6.69. The van der Waals surface area contributed by atoms with Crippen molar-refractivity contribution >= 4 is 23.3 Å². The van der Waals surface area contributed by atoms with E-state index in [4.69, 9.17) is 4.74 Å². The molecular formula is C27H24F3NO4. The van der Waals surface area contributed by atoms with Crippen LogP contribution in [0, 0.1) is 13.8 Å². The Kier molecular flexibility index (Phi) is 8.06. The predicted molar refractivity (Wildman–Crippen MR) is 125 cm³/mol. The van der Waals surface area contributed by atoms with Crippen molar-refractivity contribution in [2.75, 3.05) is 5.32 Å². The number of anilines is 1. The number of halogens is 3. The van der Waals surface area contributed by atoms with Gasteiger partial charge in [0, 0.05) is 17.5 Å². The third-order valence-electron chi connectivity index (χ3n) is 5.44. The van der Waals surface area contributed by atoms with Gasteiger partial charge in [-0.25, -0.2) is 0 Å². The average Bonchev–Trinajstić information content (AvgIpc) is 2.83. The van der Waals surface area contributed by atoms with Crippen LogP contribution < -0.4 is 5.32 Å². The quantitative estimate of drug-likeness (QED) is 0.306. The molecule has 0 bridgehead atoms. The van der Waals surface area contributed by atoms with E-state index in [1.165, 1.54) is 12.1 Å². The Morgan fingerprint density at radius 2 is 1.51 bits per heavy atom. The van der Waals surface area contributed by atoms with Crippen LogP contribution in [0.5, 0.6) is 0 Å². The van der Waals surface area contributed by atoms with E-state index in [1.807, 2.05) is 13.8 Å². The van der Waals surface area contributed by atoms with Gasteiger partial charge in [-0.3, -0.25) is 14.4 Å². The van der Waals surface area contributed by atoms with E-state index in [0.717, 1.165) is 23.3 Å². The minimum atomic E-state index is -4.64. The molecule has 1 amide bonds. The Morgan fingerprint density at radius 1 is 0.857 bits per heavy atom. The number of ketones is 1. The highest BCUT2D eigenvalue weighted by Gasteiger charge is 2.33. The second-order valence-electron chi connectivity index (χ2n) is 8.04. The molecule has 0 fully saturated rings. The zero-order valence-electron chi connectivity index (χ0n) is 19.2. The molecule has 0 aromatic heterocycles. The highest BCUT2D eigenvalue weighted by molar-refractivity contribution is 6.01. The summed E-state index contributed by atoms with van der Waals surface area (Å²) in [6, 6.07) is 18.2. The van der Waals surface area contributed by atoms with Crippen molar-refractivity contribution in [1.29, 1.82) is 0 Å². The summed E-state index contributed by atoms with van der Waals surface area (Å²) in [4.78, 5) is 37.9. The van der Waals surface area contributed by atoms with Crippen molar-refractivity contribution < 1.29 is 32.3 Å². The van der Waals surface area contributed by atoms with E-state index in [-0.39, 0.29) is 0 Å². The fraction of sp³-hybridized carbons (Fsp3) is 0.222. The van der Waals surface area contributed by atoms with Crippen LogP contribution in [-0.4, -0.2) is 17.7 Å². The fourth-order valence-electron chi connectivity index (χ4n) is 3.40. The van der Waals surface area contributed by atoms with Gasteiger partial charge in [-0.2, -0.15) is 13.2 Å². The molecule has 0 saturated carbocycles. The van der Waals surface area contributed by atoms with Gasteiger partial charge in [-0.15, -0.1) is 0 Å². The lowest BCUT2D eigenvalue weighted by molar-refractivity contribution is -0.148. The van der Waals surface area contributed by atoms with Crippen LogP contribution >= 0.6 is 0 Å². The van der Waals surface area contributed by atoms with Crippen LogP contribution in [0.15, 0.2) is 72.8 Å². The highest BCUT2D eigenvalue weighted by atomic mass is 19.4. The topological polar surface area (TPSA) is 72.5 Å². The zero-order valence-corrected chi connectivity index (χ0v) is 19.2. The first-order chi connectivity index (χ1) is 16.6. The van der Waals surface area contributed by atoms with Crippen LogP contribution in [0.3, 0.4) is 0 Å². The number of carbonyl (C=O) groups is 3. The van der Waals surface area contributed by atoms with Crippen LogP contribution in [-0.2, 0) is 20.5 Å². The average molecular weight is 483 g/mol. The number of hydrogen-bond donors (Lipinski definition) is 1. The molecule has 0 radical (unpaired) electrons. The molecule has 3 rings (SSSR count). The maximum Gasteiger partial charge on any atom is 0.418 e. The number of benzene rings is 3. The summed E-state index contributed by atoms with van der Waals surface area (Å²) in [5.41, 5.74) is 1.37. The van der Waals surface area contributed by atoms with Gasteiger partial charge in [-0.05, 0) is 43.2 Å². The SMILES string of the molecule is Cc1ccc(C(=O)[C@H](OC(=O)CCC(=O)Nc2ccccc2C(F)(F)F)c2ccccc2)cc1C. The number of nitrogens with one attached hydrogen (secondary N) is 1. The fourth-order valence-corrected chi connectivity index (χ4v) is 3.40. The van der Waals surface area contributed by atoms with Crippen LogP contribution in [0.4, 0.5) is 18.9 Å². The van der Waals surface area contributed by atoms with Crippen molar-refractivity contribution in [3.63, 3.8) is 0 Å². The summed E-state index contributed by atoms with van der Waals surface area (Å²) in [6.45, 7) is 3.78. The Bertz CT molecular complexity index is 1220. The summed E-state index contributed by atoms with van der Waals surface area (Å²) in [5, 5.41) is 2.18. The van der Waals surface area contributed by atoms with Gasteiger partial charge in [-0.1, -0.05) is 54.6 Å². The number of Topliss-reactive ketones (excluding diaryl/α,β-unsaturated/α-hetero) is 1. The van der Waals surface area contributed by atoms with Gasteiger partial charge in [0.2, 0.25) is 11.7 Å². The molecule has 1 atom stereocenters. The largest absolute Gasteiger partial charge is 0.449 e. The molecule has 1 N–H and O–H groups in total. The van der Waals surface area contributed by atoms with Crippen molar-refractivity contribution in [1.82, 2.24) is 0 Å². The molecule has 5 nitrogen and oxygen atoms in total. The van der Waals surface area contributed by atoms with Crippen LogP contribution in [0.25, 0.3) is 0 Å². The number of hydrogen-bond acceptors (Lipinski definition) is 4. The third-order valence-corrected chi connectivity index (χ3v) is 5.44. The first kappa shape index (κ1) is 25.7. The van der Waals surface area contributed by atoms with Crippen molar-refractivity contribution in [2.24, 2.45) is 0 Å². The Balaban J connectivity index is 1.69. The number of aryl methyl sites for hydroxylation is 2. The molecule has 0 heterocycles. The molecule has 0 aliphatic heterocycles. The molecule has 0 saturated heterocycles. The van der Waals surface area contributed by atoms with Crippen molar-refractivity contribution in [3.8, 4) is 0 Å². The molecule has 182 valence electrons. The van der Waals surface area contributed by atoms with E-state index < -0.39 is 54.0 Å². The molecule has 0 aliphatic rings. The standard InChI is InChI=1S/C27H24F3NO4/c1-17-12-13-20(16-18(17)2)25(34)26(19-8-4-3-5-9-19)35-24(33)15-14-23(32)31-22-11-7-6-10-21(22)27(28,29)30/h3-13,16,26H,14-15H2,1-2H3,(H,31,32)/t26-/m1/s1. The molecule has 0 unspecified atom stereocenters. The lowest BCUT2D eigenvalue weighted by atomic mass is 9.97. The number of rotatable bonds is 8. The zero-order chi connectivity index (χ0) is 25.6. The molecule has 3 aromatic carbocycles. The third kappa shape index (κ3) is 6.79. The van der Waals surface area contributed by atoms with Crippen molar-refractivity contribution in [3.05, 3.63) is 101 Å². The number of esters is 1. The summed E-state index contributed by atoms with van der Waals surface area (Å²) >= 11 is 0. The van der Waals surface area contributed by atoms with E-state index in [0.29, 0.717) is 11.1 Å². The van der Waals surface area contributed by atoms with Gasteiger partial charge in [0.1, 0.15) is 0 Å². The van der Waals surface area contributed by atoms with E-state index in [1.54, 1.807) is 48.5 Å². The normalized spacial score (nSPS) is 12.0. The van der Waals surface area contributed by atoms with Gasteiger partial charge in [0.25, 0.3) is 0 Å². The van der Waals surface area contributed by atoms with Gasteiger partial charge in [0.15, 0.2) is 6.10 Å². The minimum absolute atomic E-state index is 0.372. The Morgan fingerprint density at radius 3 is 2.17 bits per heavy atom. The first-order valence-corrected chi connectivity index (χ1v) is 10.9. The summed E-state index contributed by atoms with van der Waals surface area (Å²) < 4.78 is 44.8. The summed E-state index contributed by atoms with van der Waals surface area (Å²) in [5.74, 6) is -2.03. The van der Waals surface area contributed by atoms with E-state index >= 15 is 0 Å².